The highest BCUT2D eigenvalue weighted by Gasteiger charge is 2.22. The van der Waals surface area contributed by atoms with E-state index in [1.165, 1.54) is 0 Å². The molecule has 10 heteroatoms. The van der Waals surface area contributed by atoms with Crippen LogP contribution in [0.15, 0.2) is 18.2 Å². The van der Waals surface area contributed by atoms with Crippen molar-refractivity contribution in [3.05, 3.63) is 56.6 Å². The van der Waals surface area contributed by atoms with Crippen LogP contribution < -0.4 is 5.32 Å². The van der Waals surface area contributed by atoms with Gasteiger partial charge in [-0.3, -0.25) is 14.9 Å². The molecule has 0 radical (unpaired) electrons. The average molecular weight is 379 g/mol. The van der Waals surface area contributed by atoms with E-state index in [2.05, 4.69) is 10.3 Å². The maximum Gasteiger partial charge on any atom is 0.355 e. The Morgan fingerprint density at radius 3 is 2.63 bits per heavy atom. The molecule has 1 aromatic heterocycles. The lowest BCUT2D eigenvalue weighted by atomic mass is 10.1. The van der Waals surface area contributed by atoms with Crippen molar-refractivity contribution in [3.8, 4) is 0 Å². The standard InChI is InChI=1S/C17H18FN3O6/c1-8-15(10(3)22)9(2)19-16(8)17(24)27-7-14(23)20-11-4-5-12(18)13(6-11)21(25)26/h4-6,10,19,22H,7H2,1-3H3,(H,20,23)/t10-/m0/s1. The van der Waals surface area contributed by atoms with Crippen molar-refractivity contribution in [3.63, 3.8) is 0 Å². The molecule has 0 aliphatic rings. The van der Waals surface area contributed by atoms with Gasteiger partial charge in [0.05, 0.1) is 11.0 Å². The van der Waals surface area contributed by atoms with Crippen LogP contribution >= 0.6 is 0 Å². The zero-order valence-electron chi connectivity index (χ0n) is 14.8. The number of hydrogen-bond acceptors (Lipinski definition) is 6. The van der Waals surface area contributed by atoms with E-state index in [1.807, 2.05) is 0 Å². The van der Waals surface area contributed by atoms with Gasteiger partial charge in [0.15, 0.2) is 6.61 Å². The molecule has 144 valence electrons. The van der Waals surface area contributed by atoms with Gasteiger partial charge in [0.1, 0.15) is 5.69 Å². The van der Waals surface area contributed by atoms with Gasteiger partial charge < -0.3 is 20.1 Å². The molecule has 1 aromatic carbocycles. The summed E-state index contributed by atoms with van der Waals surface area (Å²) < 4.78 is 18.2. The fraction of sp³-hybridized carbons (Fsp3) is 0.294. The summed E-state index contributed by atoms with van der Waals surface area (Å²) in [5, 5.41) is 22.7. The van der Waals surface area contributed by atoms with Gasteiger partial charge >= 0.3 is 11.7 Å². The highest BCUT2D eigenvalue weighted by atomic mass is 19.1. The second-order valence-corrected chi connectivity index (χ2v) is 5.89. The summed E-state index contributed by atoms with van der Waals surface area (Å²) in [7, 11) is 0. The SMILES string of the molecule is Cc1[nH]c(C(=O)OCC(=O)Nc2ccc(F)c([N+](=O)[O-])c2)c(C)c1[C@H](C)O. The first-order valence-electron chi connectivity index (χ1n) is 7.89. The number of aliphatic hydroxyl groups excluding tert-OH is 1. The molecule has 2 rings (SSSR count). The van der Waals surface area contributed by atoms with Crippen LogP contribution in [0, 0.1) is 29.8 Å². The lowest BCUT2D eigenvalue weighted by Gasteiger charge is -2.07. The molecule has 1 atom stereocenters. The number of nitrogens with one attached hydrogen (secondary N) is 2. The molecule has 3 N–H and O–H groups in total. The van der Waals surface area contributed by atoms with Gasteiger partial charge in [-0.2, -0.15) is 4.39 Å². The van der Waals surface area contributed by atoms with Gasteiger partial charge in [0, 0.05) is 23.0 Å². The first kappa shape index (κ1) is 20.0. The molecule has 0 aliphatic heterocycles. The summed E-state index contributed by atoms with van der Waals surface area (Å²) in [5.41, 5.74) is 1.03. The number of benzene rings is 1. The van der Waals surface area contributed by atoms with Crippen LogP contribution in [0.2, 0.25) is 0 Å². The predicted octanol–water partition coefficient (Wildman–Crippen LogP) is 2.53. The van der Waals surface area contributed by atoms with E-state index in [4.69, 9.17) is 4.74 Å². The first-order chi connectivity index (χ1) is 12.6. The largest absolute Gasteiger partial charge is 0.451 e. The number of ether oxygens (including phenoxy) is 1. The number of H-pyrrole nitrogens is 1. The number of aryl methyl sites for hydroxylation is 1. The Morgan fingerprint density at radius 2 is 2.07 bits per heavy atom. The summed E-state index contributed by atoms with van der Waals surface area (Å²) in [5.74, 6) is -2.57. The smallest absolute Gasteiger partial charge is 0.355 e. The number of rotatable bonds is 6. The summed E-state index contributed by atoms with van der Waals surface area (Å²) in [4.78, 5) is 36.6. The number of carbonyl (C=O) groups is 2. The van der Waals surface area contributed by atoms with E-state index in [9.17, 15) is 29.2 Å². The molecule has 0 spiro atoms. The van der Waals surface area contributed by atoms with E-state index < -0.39 is 41.0 Å². The van der Waals surface area contributed by atoms with Crippen LogP contribution in [0.3, 0.4) is 0 Å². The van der Waals surface area contributed by atoms with Crippen LogP contribution in [0.5, 0.6) is 0 Å². The monoisotopic (exact) mass is 379 g/mol. The fourth-order valence-corrected chi connectivity index (χ4v) is 2.73. The van der Waals surface area contributed by atoms with Crippen LogP contribution in [0.25, 0.3) is 0 Å². The minimum Gasteiger partial charge on any atom is -0.451 e. The minimum absolute atomic E-state index is 0.00700. The van der Waals surface area contributed by atoms with E-state index in [0.29, 0.717) is 16.8 Å². The van der Waals surface area contributed by atoms with Gasteiger partial charge in [-0.05, 0) is 38.5 Å². The summed E-state index contributed by atoms with van der Waals surface area (Å²) >= 11 is 0. The second kappa shape index (κ2) is 7.96. The number of nitrogens with zero attached hydrogens (tertiary/aromatic N) is 1. The molecule has 1 amide bonds. The Hall–Kier alpha value is -3.27. The zero-order valence-corrected chi connectivity index (χ0v) is 14.8. The first-order valence-corrected chi connectivity index (χ1v) is 7.89. The molecule has 0 bridgehead atoms. The Kier molecular flexibility index (Phi) is 5.91. The normalized spacial score (nSPS) is 11.7. The van der Waals surface area contributed by atoms with Crippen molar-refractivity contribution in [2.24, 2.45) is 0 Å². The second-order valence-electron chi connectivity index (χ2n) is 5.89. The van der Waals surface area contributed by atoms with E-state index >= 15 is 0 Å². The Balaban J connectivity index is 2.02. The Labute approximate surface area is 153 Å². The van der Waals surface area contributed by atoms with Crippen LogP contribution in [-0.2, 0) is 9.53 Å². The van der Waals surface area contributed by atoms with Crippen LogP contribution in [0.4, 0.5) is 15.8 Å². The van der Waals surface area contributed by atoms with Crippen molar-refractivity contribution in [2.75, 3.05) is 11.9 Å². The number of aromatic amines is 1. The Morgan fingerprint density at radius 1 is 1.41 bits per heavy atom. The maximum atomic E-state index is 13.3. The number of aromatic nitrogens is 1. The summed E-state index contributed by atoms with van der Waals surface area (Å²) in [6.07, 6.45) is -0.777. The zero-order chi connectivity index (χ0) is 20.3. The molecule has 27 heavy (non-hydrogen) atoms. The highest BCUT2D eigenvalue weighted by Crippen LogP contribution is 2.25. The number of nitro benzene ring substituents is 1. The van der Waals surface area contributed by atoms with Crippen LogP contribution in [0.1, 0.15) is 40.3 Å². The molecule has 2 aromatic rings. The molecule has 9 nitrogen and oxygen atoms in total. The highest BCUT2D eigenvalue weighted by molar-refractivity contribution is 5.95. The molecule has 0 saturated heterocycles. The molecular formula is C17H18FN3O6. The molecule has 0 unspecified atom stereocenters. The molecule has 1 heterocycles. The number of aliphatic hydroxyl groups is 1. The van der Waals surface area contributed by atoms with Crippen LogP contribution in [-0.4, -0.2) is 33.5 Å². The topological polar surface area (TPSA) is 135 Å². The number of esters is 1. The third-order valence-corrected chi connectivity index (χ3v) is 3.88. The van der Waals surface area contributed by atoms with Crippen molar-refractivity contribution in [1.29, 1.82) is 0 Å². The van der Waals surface area contributed by atoms with Gasteiger partial charge in [-0.25, -0.2) is 4.79 Å². The van der Waals surface area contributed by atoms with Crippen molar-refractivity contribution in [1.82, 2.24) is 4.98 Å². The van der Waals surface area contributed by atoms with E-state index in [0.717, 1.165) is 18.2 Å². The third kappa shape index (κ3) is 4.47. The average Bonchev–Trinajstić information content (AvgIpc) is 2.88. The molecular weight excluding hydrogens is 361 g/mol. The third-order valence-electron chi connectivity index (χ3n) is 3.88. The maximum absolute atomic E-state index is 13.3. The minimum atomic E-state index is -1.03. The van der Waals surface area contributed by atoms with Gasteiger partial charge in [-0.15, -0.1) is 0 Å². The van der Waals surface area contributed by atoms with Gasteiger partial charge in [0.25, 0.3) is 5.91 Å². The van der Waals surface area contributed by atoms with Crippen molar-refractivity contribution in [2.45, 2.75) is 26.9 Å². The number of hydrogen-bond donors (Lipinski definition) is 3. The Bertz CT molecular complexity index is 906. The summed E-state index contributed by atoms with van der Waals surface area (Å²) in [6, 6.07) is 2.86. The van der Waals surface area contributed by atoms with Gasteiger partial charge in [-0.1, -0.05) is 0 Å². The lowest BCUT2D eigenvalue weighted by Crippen LogP contribution is -2.21. The van der Waals surface area contributed by atoms with E-state index in [1.54, 1.807) is 20.8 Å². The molecule has 0 saturated carbocycles. The van der Waals surface area contributed by atoms with Crippen molar-refractivity contribution >= 4 is 23.3 Å². The van der Waals surface area contributed by atoms with E-state index in [-0.39, 0.29) is 11.4 Å². The fourth-order valence-electron chi connectivity index (χ4n) is 2.73. The molecule has 0 aliphatic carbocycles. The molecule has 0 fully saturated rings. The lowest BCUT2D eigenvalue weighted by molar-refractivity contribution is -0.387. The number of amides is 1. The quantitative estimate of drug-likeness (QED) is 0.401. The van der Waals surface area contributed by atoms with Gasteiger partial charge in [0.2, 0.25) is 5.82 Å². The number of nitro groups is 1. The number of anilines is 1. The van der Waals surface area contributed by atoms with Crippen molar-refractivity contribution < 1.29 is 28.7 Å². The predicted molar refractivity (Wildman–Crippen MR) is 92.9 cm³/mol. The number of carbonyl (C=O) groups excluding carboxylic acids is 2. The number of halogens is 1. The summed E-state index contributed by atoms with van der Waals surface area (Å²) in [6.45, 7) is 4.25.